The fourth-order valence-electron chi connectivity index (χ4n) is 3.04. The number of nitrogens with one attached hydrogen (secondary N) is 2. The van der Waals surface area contributed by atoms with Gasteiger partial charge in [-0.25, -0.2) is 4.68 Å². The van der Waals surface area contributed by atoms with Gasteiger partial charge in [0.25, 0.3) is 5.91 Å². The Bertz CT molecular complexity index is 1160. The second kappa shape index (κ2) is 10.4. The molecule has 8 nitrogen and oxygen atoms in total. The molecule has 3 aromatic rings. The summed E-state index contributed by atoms with van der Waals surface area (Å²) in [5, 5.41) is 8.87. The van der Waals surface area contributed by atoms with Gasteiger partial charge in [0.2, 0.25) is 5.91 Å². The zero-order valence-electron chi connectivity index (χ0n) is 18.5. The predicted molar refractivity (Wildman–Crippen MR) is 118 cm³/mol. The van der Waals surface area contributed by atoms with Gasteiger partial charge in [0, 0.05) is 19.2 Å². The van der Waals surface area contributed by atoms with Crippen molar-refractivity contribution in [3.8, 4) is 11.4 Å². The summed E-state index contributed by atoms with van der Waals surface area (Å²) in [5.74, 6) is -0.461. The Kier molecular flexibility index (Phi) is 7.57. The SMILES string of the molecule is COc1ccc(CNC(=O)c2cc(C(F)(F)F)nn2-c2cccc(CNC(=O)[C@H](C)N)c2)cc1. The van der Waals surface area contributed by atoms with Gasteiger partial charge >= 0.3 is 6.18 Å². The summed E-state index contributed by atoms with van der Waals surface area (Å²) in [4.78, 5) is 24.5. The van der Waals surface area contributed by atoms with E-state index in [1.165, 1.54) is 26.2 Å². The van der Waals surface area contributed by atoms with E-state index in [0.717, 1.165) is 10.2 Å². The third-order valence-electron chi connectivity index (χ3n) is 4.88. The molecule has 34 heavy (non-hydrogen) atoms. The monoisotopic (exact) mass is 475 g/mol. The van der Waals surface area contributed by atoms with Crippen molar-refractivity contribution < 1.29 is 27.5 Å². The fraction of sp³-hybridized carbons (Fsp3) is 0.261. The first-order valence-corrected chi connectivity index (χ1v) is 10.3. The van der Waals surface area contributed by atoms with Crippen molar-refractivity contribution in [2.75, 3.05) is 7.11 Å². The summed E-state index contributed by atoms with van der Waals surface area (Å²) in [6.07, 6.45) is -4.74. The van der Waals surface area contributed by atoms with Crippen LogP contribution in [0.25, 0.3) is 5.69 Å². The standard InChI is InChI=1S/C23H24F3N5O3/c1-14(27)21(32)28-13-16-4-3-5-17(10-16)31-19(11-20(30-31)23(24,25)26)22(33)29-12-15-6-8-18(34-2)9-7-15/h3-11,14H,12-13,27H2,1-2H3,(H,28,32)(H,29,33)/t14-/m0/s1. The van der Waals surface area contributed by atoms with Crippen LogP contribution in [0.4, 0.5) is 13.2 Å². The van der Waals surface area contributed by atoms with Gasteiger partial charge in [0.05, 0.1) is 18.8 Å². The molecule has 0 saturated carbocycles. The smallest absolute Gasteiger partial charge is 0.435 e. The summed E-state index contributed by atoms with van der Waals surface area (Å²) in [7, 11) is 1.53. The highest BCUT2D eigenvalue weighted by Crippen LogP contribution is 2.29. The largest absolute Gasteiger partial charge is 0.497 e. The van der Waals surface area contributed by atoms with E-state index < -0.39 is 23.8 Å². The number of aromatic nitrogens is 2. The number of carbonyl (C=O) groups excluding carboxylic acids is 2. The van der Waals surface area contributed by atoms with E-state index in [9.17, 15) is 22.8 Å². The number of carbonyl (C=O) groups is 2. The summed E-state index contributed by atoms with van der Waals surface area (Å²) in [5.41, 5.74) is 5.61. The maximum absolute atomic E-state index is 13.4. The molecule has 1 heterocycles. The van der Waals surface area contributed by atoms with Gasteiger partial charge in [0.1, 0.15) is 11.4 Å². The Morgan fingerprint density at radius 3 is 2.35 bits per heavy atom. The molecule has 2 aromatic carbocycles. The molecule has 0 aliphatic heterocycles. The molecule has 2 amide bonds. The van der Waals surface area contributed by atoms with E-state index in [-0.39, 0.29) is 30.4 Å². The maximum atomic E-state index is 13.4. The first-order chi connectivity index (χ1) is 16.1. The number of nitrogens with zero attached hydrogens (tertiary/aromatic N) is 2. The van der Waals surface area contributed by atoms with Crippen LogP contribution in [0.15, 0.2) is 54.6 Å². The lowest BCUT2D eigenvalue weighted by atomic mass is 10.2. The van der Waals surface area contributed by atoms with Crippen molar-refractivity contribution in [3.63, 3.8) is 0 Å². The molecule has 180 valence electrons. The van der Waals surface area contributed by atoms with Gasteiger partial charge in [-0.15, -0.1) is 0 Å². The molecule has 0 aliphatic carbocycles. The van der Waals surface area contributed by atoms with Gasteiger partial charge in [-0.1, -0.05) is 24.3 Å². The van der Waals surface area contributed by atoms with Crippen LogP contribution in [0.2, 0.25) is 0 Å². The van der Waals surface area contributed by atoms with Gasteiger partial charge in [-0.2, -0.15) is 18.3 Å². The van der Waals surface area contributed by atoms with Crippen molar-refractivity contribution in [2.24, 2.45) is 5.73 Å². The molecule has 3 rings (SSSR count). The maximum Gasteiger partial charge on any atom is 0.435 e. The molecule has 0 aliphatic rings. The zero-order valence-corrected chi connectivity index (χ0v) is 18.5. The summed E-state index contributed by atoms with van der Waals surface area (Å²) in [6, 6.07) is 13.2. The molecule has 0 fully saturated rings. The number of hydrogen-bond donors (Lipinski definition) is 3. The number of alkyl halides is 3. The topological polar surface area (TPSA) is 111 Å². The van der Waals surface area contributed by atoms with Crippen molar-refractivity contribution in [1.82, 2.24) is 20.4 Å². The number of hydrogen-bond acceptors (Lipinski definition) is 5. The van der Waals surface area contributed by atoms with E-state index in [2.05, 4.69) is 15.7 Å². The average molecular weight is 475 g/mol. The van der Waals surface area contributed by atoms with Gasteiger partial charge in [-0.05, 0) is 42.3 Å². The Hall–Kier alpha value is -3.86. The van der Waals surface area contributed by atoms with Crippen LogP contribution in [0.5, 0.6) is 5.75 Å². The number of halogens is 3. The lowest BCUT2D eigenvalue weighted by molar-refractivity contribution is -0.141. The molecule has 0 unspecified atom stereocenters. The van der Waals surface area contributed by atoms with E-state index in [1.807, 2.05) is 0 Å². The molecule has 11 heteroatoms. The lowest BCUT2D eigenvalue weighted by Crippen LogP contribution is -2.37. The highest BCUT2D eigenvalue weighted by Gasteiger charge is 2.36. The van der Waals surface area contributed by atoms with Crippen LogP contribution < -0.4 is 21.1 Å². The third-order valence-corrected chi connectivity index (χ3v) is 4.88. The summed E-state index contributed by atoms with van der Waals surface area (Å²) < 4.78 is 46.1. The summed E-state index contributed by atoms with van der Waals surface area (Å²) >= 11 is 0. The van der Waals surface area contributed by atoms with Crippen molar-refractivity contribution in [2.45, 2.75) is 32.2 Å². The minimum Gasteiger partial charge on any atom is -0.497 e. The molecule has 4 N–H and O–H groups in total. The molecular formula is C23H24F3N5O3. The van der Waals surface area contributed by atoms with Crippen molar-refractivity contribution in [3.05, 3.63) is 77.1 Å². The van der Waals surface area contributed by atoms with Crippen LogP contribution in [0.3, 0.4) is 0 Å². The number of rotatable bonds is 8. The van der Waals surface area contributed by atoms with Gasteiger partial charge in [-0.3, -0.25) is 9.59 Å². The summed E-state index contributed by atoms with van der Waals surface area (Å²) in [6.45, 7) is 1.74. The quantitative estimate of drug-likeness (QED) is 0.464. The second-order valence-electron chi connectivity index (χ2n) is 7.53. The fourth-order valence-corrected chi connectivity index (χ4v) is 3.04. The zero-order chi connectivity index (χ0) is 24.9. The van der Waals surface area contributed by atoms with Gasteiger partial charge in [0.15, 0.2) is 5.69 Å². The average Bonchev–Trinajstić information content (AvgIpc) is 3.28. The van der Waals surface area contributed by atoms with Crippen LogP contribution in [-0.4, -0.2) is 34.7 Å². The number of amides is 2. The van der Waals surface area contributed by atoms with Crippen molar-refractivity contribution >= 4 is 11.8 Å². The predicted octanol–water partition coefficient (Wildman–Crippen LogP) is 2.79. The molecule has 1 aromatic heterocycles. The second-order valence-corrected chi connectivity index (χ2v) is 7.53. The van der Waals surface area contributed by atoms with E-state index in [4.69, 9.17) is 10.5 Å². The van der Waals surface area contributed by atoms with E-state index in [1.54, 1.807) is 36.4 Å². The molecular weight excluding hydrogens is 451 g/mol. The van der Waals surface area contributed by atoms with Gasteiger partial charge < -0.3 is 21.1 Å². The van der Waals surface area contributed by atoms with Crippen LogP contribution in [-0.2, 0) is 24.1 Å². The first-order valence-electron chi connectivity index (χ1n) is 10.3. The minimum absolute atomic E-state index is 0.0959. The molecule has 0 spiro atoms. The number of methoxy groups -OCH3 is 1. The van der Waals surface area contributed by atoms with Crippen LogP contribution in [0.1, 0.15) is 34.2 Å². The minimum atomic E-state index is -4.74. The van der Waals surface area contributed by atoms with Crippen molar-refractivity contribution in [1.29, 1.82) is 0 Å². The van der Waals surface area contributed by atoms with E-state index in [0.29, 0.717) is 17.4 Å². The molecule has 1 atom stereocenters. The highest BCUT2D eigenvalue weighted by molar-refractivity contribution is 5.93. The molecule has 0 saturated heterocycles. The Morgan fingerprint density at radius 1 is 1.06 bits per heavy atom. The Labute approximate surface area is 193 Å². The third kappa shape index (κ3) is 6.13. The molecule has 0 radical (unpaired) electrons. The van der Waals surface area contributed by atoms with E-state index >= 15 is 0 Å². The lowest BCUT2D eigenvalue weighted by Gasteiger charge is -2.11. The Morgan fingerprint density at radius 2 is 1.74 bits per heavy atom. The first kappa shape index (κ1) is 24.8. The number of ether oxygens (including phenoxy) is 1. The number of benzene rings is 2. The van der Waals surface area contributed by atoms with Crippen LogP contribution >= 0.6 is 0 Å². The number of nitrogens with two attached hydrogens (primary N) is 1. The normalized spacial score (nSPS) is 12.2. The van der Waals surface area contributed by atoms with Crippen LogP contribution in [0, 0.1) is 0 Å². The molecule has 0 bridgehead atoms. The highest BCUT2D eigenvalue weighted by atomic mass is 19.4. The Balaban J connectivity index is 1.85.